The molecule has 0 bridgehead atoms. The van der Waals surface area contributed by atoms with Crippen molar-refractivity contribution in [3.05, 3.63) is 26.8 Å². The molecule has 1 aromatic carbocycles. The molecule has 0 N–H and O–H groups in total. The summed E-state index contributed by atoms with van der Waals surface area (Å²) in [5.74, 6) is 0. The lowest BCUT2D eigenvalue weighted by Crippen LogP contribution is -2.07. The summed E-state index contributed by atoms with van der Waals surface area (Å²) in [5, 5.41) is 17.1. The first-order chi connectivity index (χ1) is 7.38. The molecule has 0 unspecified atom stereocenters. The van der Waals surface area contributed by atoms with Crippen molar-refractivity contribution >= 4 is 32.8 Å². The zero-order valence-corrected chi connectivity index (χ0v) is 10.7. The van der Waals surface area contributed by atoms with Crippen LogP contribution in [0.25, 0.3) is 0 Å². The fourth-order valence-corrected chi connectivity index (χ4v) is 2.65. The van der Waals surface area contributed by atoms with Crippen LogP contribution in [0.4, 0.5) is 19.4 Å². The van der Waals surface area contributed by atoms with Gasteiger partial charge in [-0.3, -0.25) is 0 Å². The zero-order valence-electron chi connectivity index (χ0n) is 7.73. The maximum atomic E-state index is 12.5. The molecule has 9 heteroatoms. The first-order valence-electron chi connectivity index (χ1n) is 3.77. The molecule has 1 aromatic rings. The lowest BCUT2D eigenvalue weighted by Gasteiger charge is -2.40. The quantitative estimate of drug-likeness (QED) is 0.524. The van der Waals surface area contributed by atoms with Crippen molar-refractivity contribution in [3.63, 3.8) is 0 Å². The van der Waals surface area contributed by atoms with Crippen molar-refractivity contribution in [3.8, 4) is 12.1 Å². The second kappa shape index (κ2) is 3.23. The third-order valence-corrected chi connectivity index (χ3v) is 3.72. The van der Waals surface area contributed by atoms with Crippen molar-refractivity contribution in [1.82, 2.24) is 0 Å². The highest BCUT2D eigenvalue weighted by molar-refractivity contribution is 14.1. The normalized spacial score (nSPS) is 15.3. The van der Waals surface area contributed by atoms with Gasteiger partial charge in [-0.2, -0.15) is 10.5 Å². The van der Waals surface area contributed by atoms with E-state index < -0.39 is 20.7 Å². The Kier molecular flexibility index (Phi) is 2.66. The number of hydrogen-bond acceptors (Lipinski definition) is 2. The van der Waals surface area contributed by atoms with Gasteiger partial charge in [0.2, 0.25) is 0 Å². The van der Waals surface area contributed by atoms with Gasteiger partial charge in [0, 0.05) is 3.57 Å². The number of halogens is 6. The standard InChI is InChI=1S/C8H2F5IN2S/c9-17(10,11,12,13)6-1-5(3-15)7(4-16)8(14)2-6/h1-2H. The van der Waals surface area contributed by atoms with Gasteiger partial charge in [0.25, 0.3) is 0 Å². The van der Waals surface area contributed by atoms with E-state index in [-0.39, 0.29) is 21.3 Å². The summed E-state index contributed by atoms with van der Waals surface area (Å²) in [5.41, 5.74) is -1.07. The van der Waals surface area contributed by atoms with Crippen LogP contribution in [0.5, 0.6) is 0 Å². The number of rotatable bonds is 1. The summed E-state index contributed by atoms with van der Waals surface area (Å²) in [6.07, 6.45) is 0. The van der Waals surface area contributed by atoms with Crippen molar-refractivity contribution in [2.75, 3.05) is 0 Å². The molecule has 0 radical (unpaired) electrons. The minimum atomic E-state index is -9.82. The van der Waals surface area contributed by atoms with Gasteiger partial charge in [-0.15, -0.1) is 0 Å². The SMILES string of the molecule is N#Cc1cc(S(F)(F)(F)(F)F)cc(I)c1C#N. The van der Waals surface area contributed by atoms with Crippen LogP contribution in [0.2, 0.25) is 0 Å². The Balaban J connectivity index is 3.73. The highest BCUT2D eigenvalue weighted by Crippen LogP contribution is 3.02. The Morgan fingerprint density at radius 3 is 1.88 bits per heavy atom. The van der Waals surface area contributed by atoms with Crippen molar-refractivity contribution in [2.24, 2.45) is 0 Å². The molecule has 92 valence electrons. The van der Waals surface area contributed by atoms with E-state index in [2.05, 4.69) is 0 Å². The summed E-state index contributed by atoms with van der Waals surface area (Å²) in [6, 6.07) is 2.95. The van der Waals surface area contributed by atoms with Crippen molar-refractivity contribution in [2.45, 2.75) is 4.90 Å². The molecule has 0 saturated carbocycles. The van der Waals surface area contributed by atoms with Crippen LogP contribution in [0.1, 0.15) is 11.1 Å². The van der Waals surface area contributed by atoms with Gasteiger partial charge in [-0.1, -0.05) is 19.4 Å². The Bertz CT molecular complexity index is 581. The molecule has 0 heterocycles. The van der Waals surface area contributed by atoms with Gasteiger partial charge < -0.3 is 0 Å². The van der Waals surface area contributed by atoms with E-state index in [1.165, 1.54) is 34.7 Å². The molecule has 2 nitrogen and oxygen atoms in total. The van der Waals surface area contributed by atoms with E-state index in [0.29, 0.717) is 0 Å². The summed E-state index contributed by atoms with van der Waals surface area (Å²) in [6.45, 7) is 0. The summed E-state index contributed by atoms with van der Waals surface area (Å²) >= 11 is 1.30. The number of benzene rings is 1. The van der Waals surface area contributed by atoms with Gasteiger partial charge in [-0.25, -0.2) is 0 Å². The van der Waals surface area contributed by atoms with Gasteiger partial charge in [-0.05, 0) is 34.7 Å². The molecule has 17 heavy (non-hydrogen) atoms. The molecule has 0 spiro atoms. The van der Waals surface area contributed by atoms with E-state index in [1.54, 1.807) is 0 Å². The fraction of sp³-hybridized carbons (Fsp3) is 0. The topological polar surface area (TPSA) is 47.6 Å². The lowest BCUT2D eigenvalue weighted by atomic mass is 10.1. The first-order valence-corrected chi connectivity index (χ1v) is 6.80. The number of nitriles is 2. The predicted molar refractivity (Wildman–Crippen MR) is 60.0 cm³/mol. The average molecular weight is 380 g/mol. The zero-order chi connectivity index (χ0) is 13.5. The first kappa shape index (κ1) is 14.0. The highest BCUT2D eigenvalue weighted by atomic mass is 127. The maximum Gasteiger partial charge on any atom is 0.310 e. The Morgan fingerprint density at radius 1 is 1.00 bits per heavy atom. The Labute approximate surface area is 107 Å². The fourth-order valence-electron chi connectivity index (χ4n) is 1.01. The molecule has 0 atom stereocenters. The van der Waals surface area contributed by atoms with E-state index >= 15 is 0 Å². The van der Waals surface area contributed by atoms with Gasteiger partial charge in [0.15, 0.2) is 0 Å². The second-order valence-corrected chi connectivity index (χ2v) is 6.59. The molecular formula is C8H2F5IN2S. The Hall–Kier alpha value is -1.07. The molecule has 0 aromatic heterocycles. The molecule has 0 aliphatic rings. The molecule has 0 aliphatic heterocycles. The van der Waals surface area contributed by atoms with E-state index in [4.69, 9.17) is 10.5 Å². The van der Waals surface area contributed by atoms with Crippen LogP contribution < -0.4 is 0 Å². The monoisotopic (exact) mass is 380 g/mol. The molecule has 0 amide bonds. The maximum absolute atomic E-state index is 12.5. The molecular weight excluding hydrogens is 378 g/mol. The minimum absolute atomic E-state index is 0.00225. The minimum Gasteiger partial charge on any atom is -0.192 e. The van der Waals surface area contributed by atoms with E-state index in [0.717, 1.165) is 0 Å². The molecule has 0 fully saturated rings. The third-order valence-electron chi connectivity index (χ3n) is 1.74. The van der Waals surface area contributed by atoms with Crippen molar-refractivity contribution in [1.29, 1.82) is 10.5 Å². The van der Waals surface area contributed by atoms with Crippen LogP contribution in [-0.4, -0.2) is 0 Å². The number of nitrogens with zero attached hydrogens (tertiary/aromatic N) is 2. The van der Waals surface area contributed by atoms with E-state index in [1.807, 2.05) is 0 Å². The highest BCUT2D eigenvalue weighted by Gasteiger charge is 2.65. The van der Waals surface area contributed by atoms with Gasteiger partial charge >= 0.3 is 10.2 Å². The summed E-state index contributed by atoms with van der Waals surface area (Å²) < 4.78 is 62.1. The predicted octanol–water partition coefficient (Wildman–Crippen LogP) is 4.69. The van der Waals surface area contributed by atoms with E-state index in [9.17, 15) is 19.4 Å². The second-order valence-electron chi connectivity index (χ2n) is 3.02. The van der Waals surface area contributed by atoms with Crippen LogP contribution in [0.3, 0.4) is 0 Å². The van der Waals surface area contributed by atoms with Crippen LogP contribution >= 0.6 is 32.8 Å². The van der Waals surface area contributed by atoms with Gasteiger partial charge in [0.1, 0.15) is 17.0 Å². The average Bonchev–Trinajstić information content (AvgIpc) is 2.12. The molecule has 0 aliphatic carbocycles. The van der Waals surface area contributed by atoms with Crippen LogP contribution in [-0.2, 0) is 0 Å². The number of hydrogen-bond donors (Lipinski definition) is 0. The largest absolute Gasteiger partial charge is 0.310 e. The molecule has 0 saturated heterocycles. The third kappa shape index (κ3) is 2.98. The van der Waals surface area contributed by atoms with Crippen LogP contribution in [0, 0.1) is 26.2 Å². The summed E-state index contributed by atoms with van der Waals surface area (Å²) in [4.78, 5) is -2.16. The summed E-state index contributed by atoms with van der Waals surface area (Å²) in [7, 11) is -9.82. The smallest absolute Gasteiger partial charge is 0.192 e. The van der Waals surface area contributed by atoms with Crippen molar-refractivity contribution < 1.29 is 19.4 Å². The molecule has 1 rings (SSSR count). The van der Waals surface area contributed by atoms with Gasteiger partial charge in [0.05, 0.1) is 11.1 Å². The van der Waals surface area contributed by atoms with Crippen LogP contribution in [0.15, 0.2) is 17.0 Å². The lowest BCUT2D eigenvalue weighted by molar-refractivity contribution is 0.364. The Morgan fingerprint density at radius 2 is 1.53 bits per heavy atom.